The van der Waals surface area contributed by atoms with Crippen LogP contribution in [0.2, 0.25) is 10.0 Å². The molecule has 128 valence electrons. The van der Waals surface area contributed by atoms with E-state index in [1.54, 1.807) is 42.7 Å². The van der Waals surface area contributed by atoms with Gasteiger partial charge in [0.2, 0.25) is 0 Å². The fourth-order valence-electron chi connectivity index (χ4n) is 2.19. The lowest BCUT2D eigenvalue weighted by molar-refractivity contribution is -0.145. The number of aromatic nitrogens is 4. The lowest BCUT2D eigenvalue weighted by atomic mass is 10.2. The molecule has 0 bridgehead atoms. The second kappa shape index (κ2) is 7.63. The van der Waals surface area contributed by atoms with Gasteiger partial charge in [0.1, 0.15) is 0 Å². The molecule has 0 amide bonds. The maximum Gasteiger partial charge on any atom is 0.335 e. The van der Waals surface area contributed by atoms with Gasteiger partial charge in [-0.25, -0.2) is 9.78 Å². The quantitative estimate of drug-likeness (QED) is 0.671. The summed E-state index contributed by atoms with van der Waals surface area (Å²) in [6, 6.07) is 8.50. The molecule has 2 heterocycles. The molecule has 0 saturated carbocycles. The summed E-state index contributed by atoms with van der Waals surface area (Å²) in [5.41, 5.74) is 1.34. The Morgan fingerprint density at radius 3 is 2.44 bits per heavy atom. The summed E-state index contributed by atoms with van der Waals surface area (Å²) in [5, 5.41) is 5.18. The van der Waals surface area contributed by atoms with Crippen LogP contribution in [-0.2, 0) is 4.79 Å². The Labute approximate surface area is 154 Å². The predicted molar refractivity (Wildman–Crippen MR) is 95.2 cm³/mol. The predicted octanol–water partition coefficient (Wildman–Crippen LogP) is 4.07. The third-order valence-corrected chi connectivity index (χ3v) is 3.72. The van der Waals surface area contributed by atoms with Gasteiger partial charge >= 0.3 is 5.97 Å². The summed E-state index contributed by atoms with van der Waals surface area (Å²) in [4.78, 5) is 26.8. The normalized spacial score (nSPS) is 10.7. The molecule has 0 aliphatic rings. The fraction of sp³-hybridized carbons (Fsp3) is 0.176. The van der Waals surface area contributed by atoms with Crippen molar-refractivity contribution < 1.29 is 9.63 Å². The number of rotatable bonds is 5. The first kappa shape index (κ1) is 17.4. The molecule has 0 atom stereocenters. The van der Waals surface area contributed by atoms with Crippen LogP contribution in [0.1, 0.15) is 19.8 Å². The van der Waals surface area contributed by atoms with Crippen LogP contribution < -0.4 is 4.84 Å². The molecule has 0 unspecified atom stereocenters. The van der Waals surface area contributed by atoms with Crippen LogP contribution in [0.25, 0.3) is 22.8 Å². The van der Waals surface area contributed by atoms with Gasteiger partial charge in [0.25, 0.3) is 0 Å². The Kier molecular flexibility index (Phi) is 5.31. The van der Waals surface area contributed by atoms with E-state index >= 15 is 0 Å². The van der Waals surface area contributed by atoms with Gasteiger partial charge in [0.15, 0.2) is 11.6 Å². The van der Waals surface area contributed by atoms with E-state index in [9.17, 15) is 4.79 Å². The summed E-state index contributed by atoms with van der Waals surface area (Å²) >= 11 is 12.1. The molecule has 8 heteroatoms. The van der Waals surface area contributed by atoms with Crippen LogP contribution >= 0.6 is 23.2 Å². The molecule has 0 aliphatic carbocycles. The van der Waals surface area contributed by atoms with Gasteiger partial charge in [-0.15, -0.1) is 5.10 Å². The van der Waals surface area contributed by atoms with Crippen LogP contribution in [0.3, 0.4) is 0 Å². The van der Waals surface area contributed by atoms with Crippen molar-refractivity contribution in [3.8, 4) is 22.8 Å². The van der Waals surface area contributed by atoms with Gasteiger partial charge in [-0.1, -0.05) is 35.0 Å². The number of nitrogens with zero attached hydrogens (tertiary/aromatic N) is 4. The standard InChI is InChI=1S/C17H14Cl2N4O2/c1-2-3-15(24)25-23-17(12-8-13(18)10-14(19)9-12)21-16(22-23)11-4-6-20-7-5-11/h4-10H,2-3H2,1H3. The number of halogens is 2. The third kappa shape index (κ3) is 4.15. The number of benzene rings is 1. The van der Waals surface area contributed by atoms with Crippen molar-refractivity contribution in [3.63, 3.8) is 0 Å². The largest absolute Gasteiger partial charge is 0.335 e. The van der Waals surface area contributed by atoms with Crippen molar-refractivity contribution in [2.24, 2.45) is 0 Å². The smallest absolute Gasteiger partial charge is 0.317 e. The minimum absolute atomic E-state index is 0.278. The zero-order chi connectivity index (χ0) is 17.8. The lowest BCUT2D eigenvalue weighted by Crippen LogP contribution is -2.21. The molecule has 0 fully saturated rings. The first-order chi connectivity index (χ1) is 12.1. The highest BCUT2D eigenvalue weighted by Crippen LogP contribution is 2.27. The topological polar surface area (TPSA) is 69.9 Å². The number of pyridine rings is 1. The van der Waals surface area contributed by atoms with Crippen LogP contribution in [0, 0.1) is 0 Å². The van der Waals surface area contributed by atoms with Gasteiger partial charge in [0, 0.05) is 40.0 Å². The number of carbonyl (C=O) groups is 1. The third-order valence-electron chi connectivity index (χ3n) is 3.28. The molecule has 0 aliphatic heterocycles. The highest BCUT2D eigenvalue weighted by Gasteiger charge is 2.18. The number of carbonyl (C=O) groups excluding carboxylic acids is 1. The van der Waals surface area contributed by atoms with Gasteiger partial charge in [-0.2, -0.15) is 0 Å². The van der Waals surface area contributed by atoms with Gasteiger partial charge < -0.3 is 4.84 Å². The molecule has 0 saturated heterocycles. The molecule has 0 radical (unpaired) electrons. The first-order valence-corrected chi connectivity index (χ1v) is 8.37. The summed E-state index contributed by atoms with van der Waals surface area (Å²) < 4.78 is 0. The minimum Gasteiger partial charge on any atom is -0.317 e. The average Bonchev–Trinajstić information content (AvgIpc) is 2.99. The summed E-state index contributed by atoms with van der Waals surface area (Å²) in [5.74, 6) is 0.335. The summed E-state index contributed by atoms with van der Waals surface area (Å²) in [6.45, 7) is 1.89. The van der Waals surface area contributed by atoms with Crippen molar-refractivity contribution in [2.45, 2.75) is 19.8 Å². The zero-order valence-corrected chi connectivity index (χ0v) is 14.8. The Morgan fingerprint density at radius 1 is 1.12 bits per heavy atom. The SMILES string of the molecule is CCCC(=O)On1nc(-c2ccncc2)nc1-c1cc(Cl)cc(Cl)c1. The van der Waals surface area contributed by atoms with E-state index < -0.39 is 5.97 Å². The summed E-state index contributed by atoms with van der Waals surface area (Å²) in [6.07, 6.45) is 4.22. The van der Waals surface area contributed by atoms with Crippen molar-refractivity contribution in [2.75, 3.05) is 0 Å². The lowest BCUT2D eigenvalue weighted by Gasteiger charge is -2.06. The second-order valence-corrected chi connectivity index (χ2v) is 6.11. The van der Waals surface area contributed by atoms with E-state index in [0.717, 1.165) is 10.4 Å². The van der Waals surface area contributed by atoms with Crippen molar-refractivity contribution in [3.05, 3.63) is 52.8 Å². The maximum atomic E-state index is 11.9. The van der Waals surface area contributed by atoms with E-state index in [1.807, 2.05) is 6.92 Å². The fourth-order valence-corrected chi connectivity index (χ4v) is 2.72. The van der Waals surface area contributed by atoms with Crippen molar-refractivity contribution >= 4 is 29.2 Å². The molecule has 3 rings (SSSR count). The Morgan fingerprint density at radius 2 is 1.80 bits per heavy atom. The molecule has 2 aromatic heterocycles. The molecule has 0 N–H and O–H groups in total. The highest BCUT2D eigenvalue weighted by atomic mass is 35.5. The Bertz CT molecular complexity index is 877. The summed E-state index contributed by atoms with van der Waals surface area (Å²) in [7, 11) is 0. The molecule has 1 aromatic carbocycles. The second-order valence-electron chi connectivity index (χ2n) is 5.24. The van der Waals surface area contributed by atoms with Gasteiger partial charge in [-0.3, -0.25) is 4.98 Å². The van der Waals surface area contributed by atoms with Crippen LogP contribution in [-0.4, -0.2) is 25.9 Å². The average molecular weight is 377 g/mol. The molecule has 25 heavy (non-hydrogen) atoms. The van der Waals surface area contributed by atoms with Crippen LogP contribution in [0.15, 0.2) is 42.7 Å². The maximum absolute atomic E-state index is 11.9. The Balaban J connectivity index is 2.08. The zero-order valence-electron chi connectivity index (χ0n) is 13.3. The van der Waals surface area contributed by atoms with E-state index in [4.69, 9.17) is 28.0 Å². The minimum atomic E-state index is -0.400. The monoisotopic (exact) mass is 376 g/mol. The Hall–Kier alpha value is -2.44. The molecular formula is C17H14Cl2N4O2. The molecule has 3 aromatic rings. The van der Waals surface area contributed by atoms with E-state index in [0.29, 0.717) is 33.7 Å². The molecular weight excluding hydrogens is 363 g/mol. The number of hydrogen-bond donors (Lipinski definition) is 0. The van der Waals surface area contributed by atoms with Gasteiger partial charge in [0.05, 0.1) is 0 Å². The van der Waals surface area contributed by atoms with Crippen LogP contribution in [0.5, 0.6) is 0 Å². The highest BCUT2D eigenvalue weighted by molar-refractivity contribution is 6.35. The van der Waals surface area contributed by atoms with Crippen molar-refractivity contribution in [1.82, 2.24) is 19.9 Å². The van der Waals surface area contributed by atoms with E-state index in [2.05, 4.69) is 15.1 Å². The van der Waals surface area contributed by atoms with Crippen molar-refractivity contribution in [1.29, 1.82) is 0 Å². The number of hydrogen-bond acceptors (Lipinski definition) is 5. The van der Waals surface area contributed by atoms with E-state index in [-0.39, 0.29) is 6.42 Å². The van der Waals surface area contributed by atoms with Gasteiger partial charge in [-0.05, 0) is 36.8 Å². The van der Waals surface area contributed by atoms with Crippen LogP contribution in [0.4, 0.5) is 0 Å². The molecule has 6 nitrogen and oxygen atoms in total. The van der Waals surface area contributed by atoms with E-state index in [1.165, 1.54) is 0 Å². The molecule has 0 spiro atoms. The first-order valence-electron chi connectivity index (χ1n) is 7.62.